The van der Waals surface area contributed by atoms with Gasteiger partial charge in [0.25, 0.3) is 5.91 Å². The van der Waals surface area contributed by atoms with Crippen molar-refractivity contribution in [3.63, 3.8) is 0 Å². The predicted molar refractivity (Wildman–Crippen MR) is 106 cm³/mol. The van der Waals surface area contributed by atoms with Gasteiger partial charge in [0.1, 0.15) is 0 Å². The van der Waals surface area contributed by atoms with Crippen molar-refractivity contribution >= 4 is 34.7 Å². The average Bonchev–Trinajstić information content (AvgIpc) is 3.02. The Labute approximate surface area is 162 Å². The summed E-state index contributed by atoms with van der Waals surface area (Å²) in [6.45, 7) is 3.78. The number of carbonyl (C=O) groups excluding carboxylic acids is 3. The summed E-state index contributed by atoms with van der Waals surface area (Å²) >= 11 is 1.59. The van der Waals surface area contributed by atoms with E-state index in [9.17, 15) is 14.4 Å². The molecule has 1 saturated heterocycles. The molecule has 0 radical (unpaired) electrons. The summed E-state index contributed by atoms with van der Waals surface area (Å²) in [4.78, 5) is 41.2. The third-order valence-electron chi connectivity index (χ3n) is 4.47. The quantitative estimate of drug-likeness (QED) is 0.880. The first-order valence-corrected chi connectivity index (χ1v) is 9.88. The van der Waals surface area contributed by atoms with E-state index in [0.717, 1.165) is 11.3 Å². The fraction of sp³-hybridized carbons (Fsp3) is 0.350. The van der Waals surface area contributed by atoms with Crippen LogP contribution in [0.4, 0.5) is 5.69 Å². The van der Waals surface area contributed by atoms with Gasteiger partial charge in [0.15, 0.2) is 0 Å². The molecule has 3 amide bonds. The Bertz CT molecular complexity index is 820. The van der Waals surface area contributed by atoms with Gasteiger partial charge in [0, 0.05) is 49.2 Å². The first-order valence-electron chi connectivity index (χ1n) is 9.00. The Balaban J connectivity index is 1.61. The minimum absolute atomic E-state index is 0.0743. The average molecular weight is 385 g/mol. The molecule has 0 saturated carbocycles. The molecule has 1 aliphatic rings. The molecule has 0 unspecified atom stereocenters. The Hall–Kier alpha value is -2.67. The van der Waals surface area contributed by atoms with Gasteiger partial charge in [-0.3, -0.25) is 14.4 Å². The van der Waals surface area contributed by atoms with Crippen LogP contribution in [0.25, 0.3) is 0 Å². The molecule has 0 aliphatic carbocycles. The number of nitrogens with zero attached hydrogens (tertiary/aromatic N) is 2. The van der Waals surface area contributed by atoms with Crippen molar-refractivity contribution in [1.29, 1.82) is 0 Å². The topological polar surface area (TPSA) is 69.7 Å². The molecule has 1 N–H and O–H groups in total. The van der Waals surface area contributed by atoms with Crippen molar-refractivity contribution in [1.82, 2.24) is 9.80 Å². The van der Waals surface area contributed by atoms with Crippen molar-refractivity contribution in [2.45, 2.75) is 19.8 Å². The SMILES string of the molecule is CC(=O)Nc1cccc(C(=O)N2CCCN(C(=O)Cc3cccs3)CC2)c1. The van der Waals surface area contributed by atoms with Crippen molar-refractivity contribution < 1.29 is 14.4 Å². The van der Waals surface area contributed by atoms with Crippen LogP contribution < -0.4 is 5.32 Å². The molecule has 27 heavy (non-hydrogen) atoms. The van der Waals surface area contributed by atoms with Crippen molar-refractivity contribution in [3.05, 3.63) is 52.2 Å². The van der Waals surface area contributed by atoms with Crippen molar-refractivity contribution in [2.24, 2.45) is 0 Å². The Kier molecular flexibility index (Phi) is 6.24. The van der Waals surface area contributed by atoms with E-state index >= 15 is 0 Å². The summed E-state index contributed by atoms with van der Waals surface area (Å²) in [5, 5.41) is 4.67. The van der Waals surface area contributed by atoms with E-state index in [1.54, 1.807) is 40.5 Å². The number of nitrogens with one attached hydrogen (secondary N) is 1. The van der Waals surface area contributed by atoms with E-state index < -0.39 is 0 Å². The van der Waals surface area contributed by atoms with E-state index in [0.29, 0.717) is 43.9 Å². The van der Waals surface area contributed by atoms with Gasteiger partial charge in [-0.2, -0.15) is 0 Å². The number of carbonyl (C=O) groups is 3. The van der Waals surface area contributed by atoms with Gasteiger partial charge in [0.05, 0.1) is 6.42 Å². The lowest BCUT2D eigenvalue weighted by atomic mass is 10.1. The molecule has 1 fully saturated rings. The maximum atomic E-state index is 12.8. The molecule has 142 valence electrons. The molecule has 0 atom stereocenters. The lowest BCUT2D eigenvalue weighted by molar-refractivity contribution is -0.130. The van der Waals surface area contributed by atoms with Gasteiger partial charge < -0.3 is 15.1 Å². The zero-order valence-electron chi connectivity index (χ0n) is 15.3. The number of thiophene rings is 1. The maximum absolute atomic E-state index is 12.8. The number of rotatable bonds is 4. The molecule has 0 bridgehead atoms. The molecule has 2 heterocycles. The van der Waals surface area contributed by atoms with E-state index in [1.165, 1.54) is 6.92 Å². The molecule has 1 aliphatic heterocycles. The van der Waals surface area contributed by atoms with Crippen molar-refractivity contribution in [2.75, 3.05) is 31.5 Å². The molecule has 3 rings (SSSR count). The van der Waals surface area contributed by atoms with Crippen LogP contribution in [-0.2, 0) is 16.0 Å². The van der Waals surface area contributed by atoms with Crippen LogP contribution in [0.1, 0.15) is 28.6 Å². The van der Waals surface area contributed by atoms with Crippen LogP contribution in [-0.4, -0.2) is 53.7 Å². The van der Waals surface area contributed by atoms with Gasteiger partial charge in [-0.05, 0) is 36.1 Å². The monoisotopic (exact) mass is 385 g/mol. The van der Waals surface area contributed by atoms with Crippen LogP contribution in [0, 0.1) is 0 Å². The number of benzene rings is 1. The highest BCUT2D eigenvalue weighted by atomic mass is 32.1. The fourth-order valence-corrected chi connectivity index (χ4v) is 3.86. The highest BCUT2D eigenvalue weighted by molar-refractivity contribution is 7.10. The number of anilines is 1. The standard InChI is InChI=1S/C20H23N3O3S/c1-15(24)21-17-6-2-5-16(13-17)20(26)23-9-4-8-22(10-11-23)19(25)14-18-7-3-12-27-18/h2-3,5-7,12-13H,4,8-11,14H2,1H3,(H,21,24). The second-order valence-electron chi connectivity index (χ2n) is 6.54. The summed E-state index contributed by atoms with van der Waals surface area (Å²) < 4.78 is 0. The van der Waals surface area contributed by atoms with Crippen LogP contribution in [0.5, 0.6) is 0 Å². The van der Waals surface area contributed by atoms with E-state index in [4.69, 9.17) is 0 Å². The third-order valence-corrected chi connectivity index (χ3v) is 5.35. The smallest absolute Gasteiger partial charge is 0.253 e. The summed E-state index contributed by atoms with van der Waals surface area (Å²) in [5.41, 5.74) is 1.15. The molecule has 1 aromatic carbocycles. The van der Waals surface area contributed by atoms with Gasteiger partial charge in [-0.15, -0.1) is 11.3 Å². The van der Waals surface area contributed by atoms with Crippen LogP contribution in [0.3, 0.4) is 0 Å². The predicted octanol–water partition coefficient (Wildman–Crippen LogP) is 2.62. The molecule has 1 aromatic heterocycles. The van der Waals surface area contributed by atoms with Crippen LogP contribution in [0.15, 0.2) is 41.8 Å². The molecule has 6 nitrogen and oxygen atoms in total. The highest BCUT2D eigenvalue weighted by Crippen LogP contribution is 2.16. The summed E-state index contributed by atoms with van der Waals surface area (Å²) in [6, 6.07) is 10.9. The van der Waals surface area contributed by atoms with Gasteiger partial charge in [-0.25, -0.2) is 0 Å². The third kappa shape index (κ3) is 5.17. The van der Waals surface area contributed by atoms with Crippen LogP contribution >= 0.6 is 11.3 Å². The second-order valence-corrected chi connectivity index (χ2v) is 7.58. The van der Waals surface area contributed by atoms with Crippen LogP contribution in [0.2, 0.25) is 0 Å². The number of hydrogen-bond donors (Lipinski definition) is 1. The van der Waals surface area contributed by atoms with E-state index in [-0.39, 0.29) is 17.7 Å². The van der Waals surface area contributed by atoms with Gasteiger partial charge >= 0.3 is 0 Å². The molecular formula is C20H23N3O3S. The highest BCUT2D eigenvalue weighted by Gasteiger charge is 2.23. The summed E-state index contributed by atoms with van der Waals surface area (Å²) in [7, 11) is 0. The normalized spacial score (nSPS) is 14.6. The first kappa shape index (κ1) is 19.1. The van der Waals surface area contributed by atoms with Gasteiger partial charge in [-0.1, -0.05) is 12.1 Å². The first-order chi connectivity index (χ1) is 13.0. The molecular weight excluding hydrogens is 362 g/mol. The zero-order chi connectivity index (χ0) is 19.2. The van der Waals surface area contributed by atoms with E-state index in [1.807, 2.05) is 22.4 Å². The Morgan fingerprint density at radius 1 is 1.04 bits per heavy atom. The minimum Gasteiger partial charge on any atom is -0.341 e. The zero-order valence-corrected chi connectivity index (χ0v) is 16.1. The van der Waals surface area contributed by atoms with Crippen molar-refractivity contribution in [3.8, 4) is 0 Å². The lowest BCUT2D eigenvalue weighted by Gasteiger charge is -2.22. The summed E-state index contributed by atoms with van der Waals surface area (Å²) in [6.07, 6.45) is 1.18. The number of hydrogen-bond acceptors (Lipinski definition) is 4. The molecule has 7 heteroatoms. The number of amides is 3. The lowest BCUT2D eigenvalue weighted by Crippen LogP contribution is -2.37. The molecule has 2 aromatic rings. The fourth-order valence-electron chi connectivity index (χ4n) is 3.16. The van der Waals surface area contributed by atoms with Gasteiger partial charge in [0.2, 0.25) is 11.8 Å². The largest absolute Gasteiger partial charge is 0.341 e. The van der Waals surface area contributed by atoms with E-state index in [2.05, 4.69) is 5.32 Å². The Morgan fingerprint density at radius 3 is 2.56 bits per heavy atom. The Morgan fingerprint density at radius 2 is 1.81 bits per heavy atom. The molecule has 0 spiro atoms. The second kappa shape index (κ2) is 8.81. The maximum Gasteiger partial charge on any atom is 0.253 e. The summed E-state index contributed by atoms with van der Waals surface area (Å²) in [5.74, 6) is -0.136. The minimum atomic E-state index is -0.172.